The molecule has 30 heavy (non-hydrogen) atoms. The molecule has 0 bridgehead atoms. The molecule has 4 nitrogen and oxygen atoms in total. The molecule has 1 aliphatic heterocycles. The average molecular weight is 410 g/mol. The number of carbonyl (C=O) groups is 2. The number of aliphatic carboxylic acids is 1. The van der Waals surface area contributed by atoms with E-state index in [2.05, 4.69) is 25.2 Å². The molecule has 0 amide bonds. The molecule has 1 unspecified atom stereocenters. The van der Waals surface area contributed by atoms with E-state index in [4.69, 9.17) is 0 Å². The Morgan fingerprint density at radius 1 is 0.967 bits per heavy atom. The molecule has 5 aliphatic rings. The maximum Gasteiger partial charge on any atom is 0.307 e. The molecular weight excluding hydrogens is 374 g/mol. The Morgan fingerprint density at radius 3 is 2.53 bits per heavy atom. The smallest absolute Gasteiger partial charge is 0.307 e. The van der Waals surface area contributed by atoms with Gasteiger partial charge in [-0.1, -0.05) is 26.0 Å². The maximum absolute atomic E-state index is 13.1. The number of carbonyl (C=O) groups excluding carboxylic acids is 1. The Bertz CT molecular complexity index is 841. The summed E-state index contributed by atoms with van der Waals surface area (Å²) in [4.78, 5) is 25.1. The molecule has 8 atom stereocenters. The quantitative estimate of drug-likeness (QED) is 0.667. The summed E-state index contributed by atoms with van der Waals surface area (Å²) < 4.78 is 0. The van der Waals surface area contributed by atoms with Crippen molar-refractivity contribution in [2.24, 2.45) is 46.3 Å². The lowest BCUT2D eigenvalue weighted by molar-refractivity contribution is -0.157. The largest absolute Gasteiger partial charge is 0.481 e. The van der Waals surface area contributed by atoms with Crippen LogP contribution in [-0.4, -0.2) is 16.9 Å². The predicted molar refractivity (Wildman–Crippen MR) is 116 cm³/mol. The number of hydrogen-bond donors (Lipinski definition) is 2. The minimum Gasteiger partial charge on any atom is -0.481 e. The van der Waals surface area contributed by atoms with E-state index in [0.29, 0.717) is 35.9 Å². The van der Waals surface area contributed by atoms with Crippen LogP contribution in [0.5, 0.6) is 0 Å². The van der Waals surface area contributed by atoms with Crippen LogP contribution in [-0.2, 0) is 9.59 Å². The molecule has 0 aromatic rings. The van der Waals surface area contributed by atoms with Crippen molar-refractivity contribution in [3.8, 4) is 0 Å². The van der Waals surface area contributed by atoms with Gasteiger partial charge in [0, 0.05) is 18.3 Å². The first kappa shape index (κ1) is 20.1. The van der Waals surface area contributed by atoms with Gasteiger partial charge in [0.05, 0.1) is 11.8 Å². The molecule has 0 radical (unpaired) electrons. The van der Waals surface area contributed by atoms with Crippen molar-refractivity contribution in [3.05, 3.63) is 36.2 Å². The van der Waals surface area contributed by atoms with Gasteiger partial charge in [0.1, 0.15) is 5.78 Å². The van der Waals surface area contributed by atoms with E-state index in [1.807, 2.05) is 24.4 Å². The Balaban J connectivity index is 1.46. The van der Waals surface area contributed by atoms with Crippen molar-refractivity contribution in [1.29, 1.82) is 0 Å². The summed E-state index contributed by atoms with van der Waals surface area (Å²) in [7, 11) is 0. The van der Waals surface area contributed by atoms with E-state index in [-0.39, 0.29) is 22.7 Å². The molecule has 0 saturated heterocycles. The molecule has 162 valence electrons. The summed E-state index contributed by atoms with van der Waals surface area (Å²) in [6, 6.07) is 0. The number of fused-ring (bicyclic) bond motifs is 5. The number of ketones is 1. The SMILES string of the molecule is C[C@]12CCC(=O)C(C3=CC=CC=CN3)[C@@H]1CC[C@@H]1[C@@H]2CC[C@]2(C)[C@@H](C(=O)O)CC[C@@H]12. The highest BCUT2D eigenvalue weighted by atomic mass is 16.4. The van der Waals surface area contributed by atoms with Crippen molar-refractivity contribution < 1.29 is 14.7 Å². The normalized spacial score (nSPS) is 47.4. The van der Waals surface area contributed by atoms with Gasteiger partial charge in [-0.3, -0.25) is 9.59 Å². The lowest BCUT2D eigenvalue weighted by Crippen LogP contribution is -2.56. The molecule has 5 rings (SSSR count). The summed E-state index contributed by atoms with van der Waals surface area (Å²) in [5.74, 6) is 1.77. The van der Waals surface area contributed by atoms with E-state index >= 15 is 0 Å². The van der Waals surface area contributed by atoms with Crippen LogP contribution in [0.1, 0.15) is 65.2 Å². The first-order valence-corrected chi connectivity index (χ1v) is 11.9. The van der Waals surface area contributed by atoms with Crippen LogP contribution in [0.2, 0.25) is 0 Å². The molecular formula is C26H35NO3. The van der Waals surface area contributed by atoms with Crippen LogP contribution in [0.15, 0.2) is 36.2 Å². The van der Waals surface area contributed by atoms with Gasteiger partial charge in [0.15, 0.2) is 0 Å². The first-order chi connectivity index (χ1) is 14.4. The monoisotopic (exact) mass is 409 g/mol. The standard InChI is InChI=1S/C26H35NO3/c1-25-14-12-22(28)23(21-6-4-3-5-15-27-21)19(25)8-7-16-17-9-10-20(24(29)30)26(17,2)13-11-18(16)25/h3-6,15-20,23,27H,7-14H2,1-2H3,(H,29,30)/t16-,17-,18-,19-,20+,23?,25+,26-/m0/s1. The highest BCUT2D eigenvalue weighted by Crippen LogP contribution is 2.68. The molecule has 4 heteroatoms. The van der Waals surface area contributed by atoms with E-state index in [0.717, 1.165) is 50.6 Å². The molecule has 1 heterocycles. The van der Waals surface area contributed by atoms with Gasteiger partial charge in [-0.05, 0) is 91.6 Å². The molecule has 4 saturated carbocycles. The van der Waals surface area contributed by atoms with Gasteiger partial charge in [-0.2, -0.15) is 0 Å². The molecule has 4 fully saturated rings. The zero-order valence-corrected chi connectivity index (χ0v) is 18.3. The molecule has 0 aromatic carbocycles. The number of Topliss-reactive ketones (excluding diaryl/α,β-unsaturated/α-hetero) is 1. The second-order valence-corrected chi connectivity index (χ2v) is 11.0. The van der Waals surface area contributed by atoms with Crippen molar-refractivity contribution in [3.63, 3.8) is 0 Å². The van der Waals surface area contributed by atoms with Gasteiger partial charge in [0.2, 0.25) is 0 Å². The van der Waals surface area contributed by atoms with Crippen LogP contribution >= 0.6 is 0 Å². The second kappa shape index (κ2) is 7.10. The fourth-order valence-electron chi connectivity index (χ4n) is 8.64. The number of carboxylic acids is 1. The average Bonchev–Trinajstić information content (AvgIpc) is 2.87. The minimum absolute atomic E-state index is 0.0271. The number of nitrogens with one attached hydrogen (secondary N) is 1. The highest BCUT2D eigenvalue weighted by molar-refractivity contribution is 5.85. The maximum atomic E-state index is 13.1. The summed E-state index contributed by atoms with van der Waals surface area (Å²) in [6.45, 7) is 4.73. The van der Waals surface area contributed by atoms with Gasteiger partial charge in [-0.25, -0.2) is 0 Å². The van der Waals surface area contributed by atoms with Gasteiger partial charge < -0.3 is 10.4 Å². The fraction of sp³-hybridized carbons (Fsp3) is 0.692. The van der Waals surface area contributed by atoms with Crippen LogP contribution < -0.4 is 5.32 Å². The van der Waals surface area contributed by atoms with Crippen molar-refractivity contribution in [1.82, 2.24) is 5.32 Å². The van der Waals surface area contributed by atoms with Crippen LogP contribution in [0, 0.1) is 46.3 Å². The lowest BCUT2D eigenvalue weighted by Gasteiger charge is -2.61. The number of carboxylic acid groups (broad SMARTS) is 1. The van der Waals surface area contributed by atoms with Crippen LogP contribution in [0.4, 0.5) is 0 Å². The van der Waals surface area contributed by atoms with Crippen molar-refractivity contribution in [2.75, 3.05) is 0 Å². The van der Waals surface area contributed by atoms with Gasteiger partial charge in [0.25, 0.3) is 0 Å². The molecule has 0 aromatic heterocycles. The molecule has 0 spiro atoms. The van der Waals surface area contributed by atoms with Crippen LogP contribution in [0.25, 0.3) is 0 Å². The summed E-state index contributed by atoms with van der Waals surface area (Å²) in [5, 5.41) is 13.2. The highest BCUT2D eigenvalue weighted by Gasteiger charge is 2.62. The minimum atomic E-state index is -0.589. The Kier molecular flexibility index (Phi) is 4.75. The predicted octanol–water partition coefficient (Wildman–Crippen LogP) is 5.08. The van der Waals surface area contributed by atoms with E-state index in [9.17, 15) is 14.7 Å². The Hall–Kier alpha value is -1.84. The number of rotatable bonds is 2. The number of allylic oxidation sites excluding steroid dienone is 5. The summed E-state index contributed by atoms with van der Waals surface area (Å²) in [6.07, 6.45) is 18.0. The lowest BCUT2D eigenvalue weighted by atomic mass is 9.43. The molecule has 2 N–H and O–H groups in total. The van der Waals surface area contributed by atoms with E-state index in [1.54, 1.807) is 0 Å². The fourth-order valence-corrected chi connectivity index (χ4v) is 8.64. The number of hydrogen-bond acceptors (Lipinski definition) is 3. The zero-order valence-electron chi connectivity index (χ0n) is 18.3. The summed E-state index contributed by atoms with van der Waals surface area (Å²) in [5.41, 5.74) is 1.19. The zero-order chi connectivity index (χ0) is 21.1. The van der Waals surface area contributed by atoms with E-state index in [1.165, 1.54) is 0 Å². The molecule has 4 aliphatic carbocycles. The third kappa shape index (κ3) is 2.78. The van der Waals surface area contributed by atoms with Crippen molar-refractivity contribution in [2.45, 2.75) is 65.2 Å². The topological polar surface area (TPSA) is 66.4 Å². The Labute approximate surface area is 179 Å². The second-order valence-electron chi connectivity index (χ2n) is 11.0. The summed E-state index contributed by atoms with van der Waals surface area (Å²) >= 11 is 0. The van der Waals surface area contributed by atoms with Gasteiger partial charge in [-0.15, -0.1) is 0 Å². The van der Waals surface area contributed by atoms with E-state index < -0.39 is 5.97 Å². The third-order valence-corrected chi connectivity index (χ3v) is 10.1. The van der Waals surface area contributed by atoms with Crippen molar-refractivity contribution >= 4 is 11.8 Å². The third-order valence-electron chi connectivity index (χ3n) is 10.1. The van der Waals surface area contributed by atoms with Crippen LogP contribution in [0.3, 0.4) is 0 Å². The van der Waals surface area contributed by atoms with Gasteiger partial charge >= 0.3 is 5.97 Å². The Morgan fingerprint density at radius 2 is 1.73 bits per heavy atom. The first-order valence-electron chi connectivity index (χ1n) is 11.9.